The van der Waals surface area contributed by atoms with Crippen molar-refractivity contribution in [2.75, 3.05) is 0 Å². The third-order valence-electron chi connectivity index (χ3n) is 5.58. The van der Waals surface area contributed by atoms with Gasteiger partial charge in [-0.2, -0.15) is 0 Å². The Hall–Kier alpha value is -1.88. The van der Waals surface area contributed by atoms with Crippen molar-refractivity contribution >= 4 is 11.9 Å². The summed E-state index contributed by atoms with van der Waals surface area (Å²) in [6, 6.07) is 0. The highest BCUT2D eigenvalue weighted by atomic mass is 16.6. The molecule has 136 valence electrons. The largest absolute Gasteiger partial charge is 0.458 e. The third-order valence-corrected chi connectivity index (χ3v) is 5.58. The fourth-order valence-corrected chi connectivity index (χ4v) is 3.75. The van der Waals surface area contributed by atoms with Gasteiger partial charge in [0, 0.05) is 24.0 Å². The van der Waals surface area contributed by atoms with Gasteiger partial charge in [0.1, 0.15) is 12.2 Å². The first kappa shape index (κ1) is 17.9. The Morgan fingerprint density at radius 2 is 2.20 bits per heavy atom. The molecule has 0 radical (unpaired) electrons. The number of esters is 2. The Morgan fingerprint density at radius 3 is 2.88 bits per heavy atom. The van der Waals surface area contributed by atoms with Crippen molar-refractivity contribution in [3.05, 3.63) is 35.5 Å². The van der Waals surface area contributed by atoms with E-state index in [9.17, 15) is 9.59 Å². The van der Waals surface area contributed by atoms with E-state index in [0.717, 1.165) is 12.0 Å². The van der Waals surface area contributed by atoms with Crippen LogP contribution in [0.2, 0.25) is 0 Å². The Balaban J connectivity index is 1.92. The molecule has 1 aliphatic carbocycles. The lowest BCUT2D eigenvalue weighted by Gasteiger charge is -2.29. The highest BCUT2D eigenvalue weighted by Crippen LogP contribution is 2.48. The Morgan fingerprint density at radius 1 is 1.48 bits per heavy atom. The lowest BCUT2D eigenvalue weighted by Crippen LogP contribution is -2.36. The van der Waals surface area contributed by atoms with E-state index in [-0.39, 0.29) is 29.7 Å². The molecule has 0 saturated carbocycles. The molecule has 0 aromatic rings. The van der Waals surface area contributed by atoms with Gasteiger partial charge >= 0.3 is 11.9 Å². The fraction of sp³-hybridized carbons (Fsp3) is 0.600. The van der Waals surface area contributed by atoms with E-state index >= 15 is 0 Å². The van der Waals surface area contributed by atoms with Crippen LogP contribution < -0.4 is 0 Å². The number of hydrogen-bond donors (Lipinski definition) is 0. The summed E-state index contributed by atoms with van der Waals surface area (Å²) in [7, 11) is 0. The minimum atomic E-state index is -0.471. The summed E-state index contributed by atoms with van der Waals surface area (Å²) >= 11 is 0. The van der Waals surface area contributed by atoms with Crippen LogP contribution in [0.1, 0.15) is 47.0 Å². The van der Waals surface area contributed by atoms with Gasteiger partial charge in [-0.25, -0.2) is 9.59 Å². The molecule has 0 aromatic carbocycles. The molecule has 25 heavy (non-hydrogen) atoms. The van der Waals surface area contributed by atoms with Crippen LogP contribution in [0.5, 0.6) is 0 Å². The van der Waals surface area contributed by atoms with E-state index in [0.29, 0.717) is 24.0 Å². The maximum Gasteiger partial charge on any atom is 0.334 e. The predicted molar refractivity (Wildman–Crippen MR) is 92.7 cm³/mol. The van der Waals surface area contributed by atoms with Crippen molar-refractivity contribution in [1.82, 2.24) is 0 Å². The lowest BCUT2D eigenvalue weighted by atomic mass is 9.82. The minimum absolute atomic E-state index is 0.153. The van der Waals surface area contributed by atoms with E-state index < -0.39 is 12.1 Å². The molecule has 2 heterocycles. The zero-order valence-electron chi connectivity index (χ0n) is 15.3. The van der Waals surface area contributed by atoms with Crippen LogP contribution in [0.4, 0.5) is 0 Å². The maximum atomic E-state index is 12.3. The van der Waals surface area contributed by atoms with Crippen LogP contribution in [0.25, 0.3) is 0 Å². The fourth-order valence-electron chi connectivity index (χ4n) is 3.75. The molecule has 2 saturated heterocycles. The average molecular weight is 346 g/mol. The molecular weight excluding hydrogens is 320 g/mol. The second-order valence-electron chi connectivity index (χ2n) is 7.52. The highest BCUT2D eigenvalue weighted by molar-refractivity contribution is 5.91. The first-order valence-electron chi connectivity index (χ1n) is 8.82. The molecule has 5 unspecified atom stereocenters. The number of rotatable bonds is 2. The smallest absolute Gasteiger partial charge is 0.334 e. The van der Waals surface area contributed by atoms with Crippen LogP contribution in [-0.4, -0.2) is 35.9 Å². The number of hydrogen-bond acceptors (Lipinski definition) is 5. The summed E-state index contributed by atoms with van der Waals surface area (Å²) in [5.41, 5.74) is 1.75. The van der Waals surface area contributed by atoms with Crippen molar-refractivity contribution in [2.24, 2.45) is 5.92 Å². The summed E-state index contributed by atoms with van der Waals surface area (Å²) in [4.78, 5) is 24.5. The van der Waals surface area contributed by atoms with Crippen molar-refractivity contribution in [3.63, 3.8) is 0 Å². The van der Waals surface area contributed by atoms with E-state index in [1.165, 1.54) is 0 Å². The van der Waals surface area contributed by atoms with Gasteiger partial charge in [-0.3, -0.25) is 0 Å². The molecule has 2 fully saturated rings. The van der Waals surface area contributed by atoms with Crippen molar-refractivity contribution < 1.29 is 23.8 Å². The van der Waals surface area contributed by atoms with E-state index in [1.54, 1.807) is 19.9 Å². The van der Waals surface area contributed by atoms with Crippen LogP contribution >= 0.6 is 0 Å². The molecule has 0 N–H and O–H groups in total. The monoisotopic (exact) mass is 346 g/mol. The first-order chi connectivity index (χ1) is 11.7. The SMILES string of the molecule is C=C1C(=O)OC2CC3(C)OC3CC=C(C)CC(OC(=O)C(C)=CC)C12. The third kappa shape index (κ3) is 3.43. The molecule has 5 atom stereocenters. The average Bonchev–Trinajstić information content (AvgIpc) is 3.11. The molecule has 0 aromatic heterocycles. The zero-order valence-corrected chi connectivity index (χ0v) is 15.3. The molecule has 3 rings (SSSR count). The number of carbonyl (C=O) groups excluding carboxylic acids is 2. The van der Waals surface area contributed by atoms with Crippen LogP contribution in [0, 0.1) is 5.92 Å². The Kier molecular flexibility index (Phi) is 4.62. The number of epoxide rings is 1. The second kappa shape index (κ2) is 6.45. The predicted octanol–water partition coefficient (Wildman–Crippen LogP) is 3.25. The molecule has 0 bridgehead atoms. The van der Waals surface area contributed by atoms with Crippen molar-refractivity contribution in [3.8, 4) is 0 Å². The van der Waals surface area contributed by atoms with E-state index in [2.05, 4.69) is 12.7 Å². The number of fused-ring (bicyclic) bond motifs is 2. The van der Waals surface area contributed by atoms with Crippen LogP contribution in [-0.2, 0) is 23.8 Å². The standard InChI is InChI=1S/C20H26O5/c1-6-12(3)18(21)23-14-9-11(2)7-8-16-20(5,25-16)10-15-17(14)13(4)19(22)24-15/h6-7,14-17H,4,8-10H2,1-3,5H3. The minimum Gasteiger partial charge on any atom is -0.458 e. The normalized spacial score (nSPS) is 38.2. The van der Waals surface area contributed by atoms with E-state index in [1.807, 2.05) is 13.8 Å². The summed E-state index contributed by atoms with van der Waals surface area (Å²) < 4.78 is 17.2. The quantitative estimate of drug-likeness (QED) is 0.332. The number of carbonyl (C=O) groups is 2. The number of allylic oxidation sites excluding steroid dienone is 1. The van der Waals surface area contributed by atoms with Gasteiger partial charge in [0.15, 0.2) is 0 Å². The molecule has 0 spiro atoms. The summed E-state index contributed by atoms with van der Waals surface area (Å²) in [5.74, 6) is -1.11. The van der Waals surface area contributed by atoms with Crippen LogP contribution in [0.15, 0.2) is 35.5 Å². The molecule has 2 aliphatic heterocycles. The van der Waals surface area contributed by atoms with Gasteiger partial charge in [0.2, 0.25) is 0 Å². The summed E-state index contributed by atoms with van der Waals surface area (Å²) in [6.07, 6.45) is 5.14. The summed E-state index contributed by atoms with van der Waals surface area (Å²) in [5, 5.41) is 0. The van der Waals surface area contributed by atoms with Gasteiger partial charge in [0.25, 0.3) is 0 Å². The topological polar surface area (TPSA) is 65.1 Å². The number of ether oxygens (including phenoxy) is 3. The molecule has 5 nitrogen and oxygen atoms in total. The van der Waals surface area contributed by atoms with Gasteiger partial charge in [-0.1, -0.05) is 24.3 Å². The van der Waals surface area contributed by atoms with Gasteiger partial charge in [-0.15, -0.1) is 0 Å². The first-order valence-corrected chi connectivity index (χ1v) is 8.82. The van der Waals surface area contributed by atoms with Gasteiger partial charge in [-0.05, 0) is 34.1 Å². The van der Waals surface area contributed by atoms with Crippen molar-refractivity contribution in [1.29, 1.82) is 0 Å². The van der Waals surface area contributed by atoms with Crippen LogP contribution in [0.3, 0.4) is 0 Å². The van der Waals surface area contributed by atoms with Gasteiger partial charge < -0.3 is 14.2 Å². The lowest BCUT2D eigenvalue weighted by molar-refractivity contribution is -0.148. The van der Waals surface area contributed by atoms with Gasteiger partial charge in [0.05, 0.1) is 17.6 Å². The summed E-state index contributed by atoms with van der Waals surface area (Å²) in [6.45, 7) is 11.5. The zero-order chi connectivity index (χ0) is 18.4. The second-order valence-corrected chi connectivity index (χ2v) is 7.52. The maximum absolute atomic E-state index is 12.3. The molecule has 0 amide bonds. The Bertz CT molecular complexity index is 674. The molecule has 3 aliphatic rings. The molecule has 5 heteroatoms. The van der Waals surface area contributed by atoms with E-state index in [4.69, 9.17) is 14.2 Å². The highest BCUT2D eigenvalue weighted by Gasteiger charge is 2.57. The molecular formula is C20H26O5. The Labute approximate surface area is 148 Å². The van der Waals surface area contributed by atoms with Crippen molar-refractivity contribution in [2.45, 2.75) is 70.9 Å².